The van der Waals surface area contributed by atoms with Crippen molar-refractivity contribution < 1.29 is 24.2 Å². The number of benzene rings is 3. The molecule has 3 aromatic carbocycles. The van der Waals surface area contributed by atoms with Gasteiger partial charge in [0, 0.05) is 19.2 Å². The van der Waals surface area contributed by atoms with Crippen molar-refractivity contribution >= 4 is 28.2 Å². The molecule has 0 spiro atoms. The van der Waals surface area contributed by atoms with Crippen molar-refractivity contribution in [1.82, 2.24) is 4.90 Å². The molecule has 1 heterocycles. The molecule has 0 saturated carbocycles. The van der Waals surface area contributed by atoms with E-state index in [1.54, 1.807) is 31.4 Å². The van der Waals surface area contributed by atoms with Crippen LogP contribution in [0.2, 0.25) is 0 Å². The maximum absolute atomic E-state index is 13.1. The molecule has 1 amide bonds. The number of ether oxygens (including phenoxy) is 2. The fourth-order valence-electron chi connectivity index (χ4n) is 4.04. The van der Waals surface area contributed by atoms with Gasteiger partial charge in [-0.1, -0.05) is 54.6 Å². The zero-order valence-electron chi connectivity index (χ0n) is 17.4. The molecular formula is C25H23NO5. The van der Waals surface area contributed by atoms with Crippen molar-refractivity contribution in [2.24, 2.45) is 0 Å². The van der Waals surface area contributed by atoms with E-state index in [9.17, 15) is 14.7 Å². The lowest BCUT2D eigenvalue weighted by Crippen LogP contribution is -2.32. The van der Waals surface area contributed by atoms with Gasteiger partial charge in [0.15, 0.2) is 0 Å². The molecule has 1 fully saturated rings. The highest BCUT2D eigenvalue weighted by Crippen LogP contribution is 2.41. The smallest absolute Gasteiger partial charge is 0.295 e. The summed E-state index contributed by atoms with van der Waals surface area (Å²) in [6.07, 6.45) is 0. The van der Waals surface area contributed by atoms with Crippen LogP contribution in [-0.4, -0.2) is 49.1 Å². The number of hydrogen-bond acceptors (Lipinski definition) is 5. The van der Waals surface area contributed by atoms with Gasteiger partial charge >= 0.3 is 0 Å². The zero-order chi connectivity index (χ0) is 22.0. The number of amides is 1. The van der Waals surface area contributed by atoms with Gasteiger partial charge in [-0.25, -0.2) is 0 Å². The quantitative estimate of drug-likeness (QED) is 0.374. The lowest BCUT2D eigenvalue weighted by atomic mass is 9.91. The Hall–Kier alpha value is -3.64. The van der Waals surface area contributed by atoms with Crippen LogP contribution < -0.4 is 4.74 Å². The van der Waals surface area contributed by atoms with Gasteiger partial charge in [0.2, 0.25) is 0 Å². The van der Waals surface area contributed by atoms with Crippen LogP contribution in [-0.2, 0) is 14.3 Å². The Morgan fingerprint density at radius 1 is 1.00 bits per heavy atom. The average molecular weight is 417 g/mol. The van der Waals surface area contributed by atoms with Gasteiger partial charge in [-0.15, -0.1) is 0 Å². The van der Waals surface area contributed by atoms with E-state index >= 15 is 0 Å². The predicted octanol–water partition coefficient (Wildman–Crippen LogP) is 3.92. The van der Waals surface area contributed by atoms with Crippen molar-refractivity contribution in [3.05, 3.63) is 83.4 Å². The molecule has 4 rings (SSSR count). The molecule has 158 valence electrons. The predicted molar refractivity (Wildman–Crippen MR) is 118 cm³/mol. The second-order valence-electron chi connectivity index (χ2n) is 7.29. The Bertz CT molecular complexity index is 1180. The topological polar surface area (TPSA) is 76.1 Å². The van der Waals surface area contributed by atoms with Crippen molar-refractivity contribution in [3.8, 4) is 5.75 Å². The number of likely N-dealkylation sites (tertiary alicyclic amines) is 1. The molecular weight excluding hydrogens is 394 g/mol. The van der Waals surface area contributed by atoms with Gasteiger partial charge < -0.3 is 19.5 Å². The van der Waals surface area contributed by atoms with Gasteiger partial charge in [0.1, 0.15) is 11.5 Å². The number of nitrogens with zero attached hydrogens (tertiary/aromatic N) is 1. The molecule has 0 aromatic heterocycles. The summed E-state index contributed by atoms with van der Waals surface area (Å²) in [5.41, 5.74) is 1.25. The molecule has 1 saturated heterocycles. The minimum absolute atomic E-state index is 0.0608. The summed E-state index contributed by atoms with van der Waals surface area (Å²) < 4.78 is 10.4. The molecule has 0 bridgehead atoms. The third-order valence-electron chi connectivity index (χ3n) is 5.54. The van der Waals surface area contributed by atoms with Crippen molar-refractivity contribution in [2.75, 3.05) is 27.4 Å². The maximum Gasteiger partial charge on any atom is 0.295 e. The summed E-state index contributed by atoms with van der Waals surface area (Å²) in [4.78, 5) is 27.5. The molecule has 1 N–H and O–H groups in total. The minimum atomic E-state index is -0.729. The van der Waals surface area contributed by atoms with Gasteiger partial charge in [0.25, 0.3) is 11.7 Å². The highest BCUT2D eigenvalue weighted by molar-refractivity contribution is 6.46. The van der Waals surface area contributed by atoms with Crippen LogP contribution in [0.25, 0.3) is 16.5 Å². The standard InChI is InChI=1S/C25H23NO5/c1-30-14-13-26-22(20-12-6-8-16-7-3-4-11-19(16)20)21(24(28)25(26)29)23(27)17-9-5-10-18(15-17)31-2/h3-12,15,22,27H,13-14H2,1-2H3/b23-21-. The molecule has 1 unspecified atom stereocenters. The third kappa shape index (κ3) is 3.66. The van der Waals surface area contributed by atoms with E-state index < -0.39 is 17.7 Å². The van der Waals surface area contributed by atoms with E-state index in [-0.39, 0.29) is 24.5 Å². The number of aliphatic hydroxyl groups is 1. The highest BCUT2D eigenvalue weighted by atomic mass is 16.5. The molecule has 6 heteroatoms. The average Bonchev–Trinajstić information content (AvgIpc) is 3.06. The lowest BCUT2D eigenvalue weighted by molar-refractivity contribution is -0.140. The summed E-state index contributed by atoms with van der Waals surface area (Å²) >= 11 is 0. The highest BCUT2D eigenvalue weighted by Gasteiger charge is 2.46. The number of hydrogen-bond donors (Lipinski definition) is 1. The van der Waals surface area contributed by atoms with Crippen LogP contribution in [0.3, 0.4) is 0 Å². The first-order chi connectivity index (χ1) is 15.1. The number of rotatable bonds is 6. The lowest BCUT2D eigenvalue weighted by Gasteiger charge is -2.26. The van der Waals surface area contributed by atoms with E-state index in [0.29, 0.717) is 11.3 Å². The van der Waals surface area contributed by atoms with Crippen molar-refractivity contribution in [2.45, 2.75) is 6.04 Å². The largest absolute Gasteiger partial charge is 0.507 e. The third-order valence-corrected chi connectivity index (χ3v) is 5.54. The first-order valence-electron chi connectivity index (χ1n) is 9.96. The Morgan fingerprint density at radius 3 is 2.52 bits per heavy atom. The van der Waals surface area contributed by atoms with Crippen LogP contribution in [0, 0.1) is 0 Å². The molecule has 31 heavy (non-hydrogen) atoms. The van der Waals surface area contributed by atoms with Crippen LogP contribution in [0.5, 0.6) is 5.75 Å². The van der Waals surface area contributed by atoms with Crippen molar-refractivity contribution in [3.63, 3.8) is 0 Å². The number of methoxy groups -OCH3 is 2. The number of Topliss-reactive ketones (excluding diaryl/α,β-unsaturated/α-hetero) is 1. The summed E-state index contributed by atoms with van der Waals surface area (Å²) in [6.45, 7) is 0.497. The minimum Gasteiger partial charge on any atom is -0.507 e. The maximum atomic E-state index is 13.1. The van der Waals surface area contributed by atoms with Gasteiger partial charge in [-0.2, -0.15) is 0 Å². The Morgan fingerprint density at radius 2 is 1.74 bits per heavy atom. The van der Waals surface area contributed by atoms with E-state index in [4.69, 9.17) is 9.47 Å². The molecule has 6 nitrogen and oxygen atoms in total. The molecule has 1 aliphatic rings. The fourth-order valence-corrected chi connectivity index (χ4v) is 4.04. The van der Waals surface area contributed by atoms with Gasteiger partial charge in [-0.3, -0.25) is 9.59 Å². The summed E-state index contributed by atoms with van der Waals surface area (Å²) in [5, 5.41) is 13.1. The number of ketones is 1. The number of aliphatic hydroxyl groups excluding tert-OH is 1. The van der Waals surface area contributed by atoms with E-state index in [1.807, 2.05) is 42.5 Å². The Balaban J connectivity index is 1.95. The number of carbonyl (C=O) groups is 2. The van der Waals surface area contributed by atoms with Crippen molar-refractivity contribution in [1.29, 1.82) is 0 Å². The molecule has 1 atom stereocenters. The van der Waals surface area contributed by atoms with Crippen LogP contribution in [0.4, 0.5) is 0 Å². The van der Waals surface area contributed by atoms with Crippen LogP contribution in [0.1, 0.15) is 17.2 Å². The molecule has 3 aromatic rings. The summed E-state index contributed by atoms with van der Waals surface area (Å²) in [5.74, 6) is -1.05. The van der Waals surface area contributed by atoms with E-state index in [2.05, 4.69) is 0 Å². The second-order valence-corrected chi connectivity index (χ2v) is 7.29. The first kappa shape index (κ1) is 20.6. The Labute approximate surface area is 180 Å². The number of carbonyl (C=O) groups excluding carboxylic acids is 2. The fraction of sp³-hybridized carbons (Fsp3) is 0.200. The zero-order valence-corrected chi connectivity index (χ0v) is 17.4. The SMILES string of the molecule is COCCN1C(=O)C(=O)/C(=C(\O)c2cccc(OC)c2)C1c1cccc2ccccc12. The van der Waals surface area contributed by atoms with Gasteiger partial charge in [-0.05, 0) is 28.5 Å². The monoisotopic (exact) mass is 417 g/mol. The Kier molecular flexibility index (Phi) is 5.73. The van der Waals surface area contributed by atoms with E-state index in [1.165, 1.54) is 12.0 Å². The first-order valence-corrected chi connectivity index (χ1v) is 9.96. The molecule has 0 radical (unpaired) electrons. The van der Waals surface area contributed by atoms with Crippen LogP contribution in [0.15, 0.2) is 72.3 Å². The normalized spacial score (nSPS) is 18.0. The molecule has 1 aliphatic heterocycles. The number of fused-ring (bicyclic) bond motifs is 1. The van der Waals surface area contributed by atoms with Crippen LogP contribution >= 0.6 is 0 Å². The van der Waals surface area contributed by atoms with Gasteiger partial charge in [0.05, 0.1) is 25.3 Å². The molecule has 0 aliphatic carbocycles. The second kappa shape index (κ2) is 8.62. The summed E-state index contributed by atoms with van der Waals surface area (Å²) in [7, 11) is 3.07. The summed E-state index contributed by atoms with van der Waals surface area (Å²) in [6, 6.07) is 19.6. The van der Waals surface area contributed by atoms with E-state index in [0.717, 1.165) is 16.3 Å².